The van der Waals surface area contributed by atoms with E-state index < -0.39 is 0 Å². The quantitative estimate of drug-likeness (QED) is 0.715. The molecule has 0 saturated heterocycles. The molecule has 0 fully saturated rings. The largest absolute Gasteiger partial charge is 0.492 e. The van der Waals surface area contributed by atoms with Crippen molar-refractivity contribution in [3.8, 4) is 5.75 Å². The molecule has 1 heterocycles. The Labute approximate surface area is 83.9 Å². The predicted octanol–water partition coefficient (Wildman–Crippen LogP) is 2.39. The number of ether oxygens (including phenoxy) is 1. The zero-order valence-corrected chi connectivity index (χ0v) is 8.49. The van der Waals surface area contributed by atoms with E-state index in [1.165, 1.54) is 0 Å². The second-order valence-corrected chi connectivity index (χ2v) is 3.96. The Balaban J connectivity index is 2.30. The number of para-hydroxylation sites is 1. The second kappa shape index (κ2) is 3.45. The topological polar surface area (TPSA) is 26.3 Å². The van der Waals surface area contributed by atoms with E-state index in [-0.39, 0.29) is 17.6 Å². The first-order valence-corrected chi connectivity index (χ1v) is 4.95. The number of rotatable bonds is 2. The highest BCUT2D eigenvalue weighted by molar-refractivity contribution is 5.88. The van der Waals surface area contributed by atoms with Crippen LogP contribution in [0.3, 0.4) is 0 Å². The number of benzene rings is 1. The Morgan fingerprint density at radius 2 is 2.14 bits per heavy atom. The first-order chi connectivity index (χ1) is 6.70. The van der Waals surface area contributed by atoms with E-state index in [2.05, 4.69) is 0 Å². The molecule has 0 aliphatic carbocycles. The van der Waals surface area contributed by atoms with Crippen LogP contribution in [-0.2, 0) is 4.79 Å². The van der Waals surface area contributed by atoms with Gasteiger partial charge in [0, 0.05) is 11.5 Å². The summed E-state index contributed by atoms with van der Waals surface area (Å²) in [4.78, 5) is 11.8. The molecule has 0 bridgehead atoms. The van der Waals surface area contributed by atoms with Crippen LogP contribution in [0.2, 0.25) is 0 Å². The number of carbonyl (C=O) groups is 1. The van der Waals surface area contributed by atoms with Crippen LogP contribution in [0.25, 0.3) is 0 Å². The minimum atomic E-state index is -0.0498. The molecule has 0 saturated carbocycles. The lowest BCUT2D eigenvalue weighted by Gasteiger charge is -2.09. The smallest absolute Gasteiger partial charge is 0.146 e. The SMILES string of the molecule is CC(C)C(=O)C1COc2ccccc21. The first kappa shape index (κ1) is 9.25. The van der Waals surface area contributed by atoms with Crippen molar-refractivity contribution in [1.29, 1.82) is 0 Å². The Kier molecular flexibility index (Phi) is 2.28. The molecule has 1 aliphatic heterocycles. The molecule has 1 aromatic rings. The average molecular weight is 190 g/mol. The highest BCUT2D eigenvalue weighted by atomic mass is 16.5. The fourth-order valence-corrected chi connectivity index (χ4v) is 1.80. The van der Waals surface area contributed by atoms with Crippen molar-refractivity contribution in [2.45, 2.75) is 19.8 Å². The van der Waals surface area contributed by atoms with Gasteiger partial charge in [0.25, 0.3) is 0 Å². The lowest BCUT2D eigenvalue weighted by atomic mass is 9.91. The maximum atomic E-state index is 11.8. The maximum Gasteiger partial charge on any atom is 0.146 e. The van der Waals surface area contributed by atoms with Gasteiger partial charge in [0.05, 0.1) is 5.92 Å². The third-order valence-corrected chi connectivity index (χ3v) is 2.61. The van der Waals surface area contributed by atoms with Crippen molar-refractivity contribution < 1.29 is 9.53 Å². The van der Waals surface area contributed by atoms with Gasteiger partial charge in [-0.2, -0.15) is 0 Å². The minimum Gasteiger partial charge on any atom is -0.492 e. The van der Waals surface area contributed by atoms with Crippen molar-refractivity contribution in [2.24, 2.45) is 5.92 Å². The van der Waals surface area contributed by atoms with Crippen molar-refractivity contribution >= 4 is 5.78 Å². The number of fused-ring (bicyclic) bond motifs is 1. The van der Waals surface area contributed by atoms with Crippen molar-refractivity contribution in [3.63, 3.8) is 0 Å². The van der Waals surface area contributed by atoms with Gasteiger partial charge < -0.3 is 4.74 Å². The number of hydrogen-bond acceptors (Lipinski definition) is 2. The van der Waals surface area contributed by atoms with Gasteiger partial charge in [0.2, 0.25) is 0 Å². The highest BCUT2D eigenvalue weighted by Crippen LogP contribution is 2.35. The van der Waals surface area contributed by atoms with Crippen molar-refractivity contribution in [2.75, 3.05) is 6.61 Å². The Morgan fingerprint density at radius 3 is 2.86 bits per heavy atom. The zero-order chi connectivity index (χ0) is 10.1. The molecule has 1 atom stereocenters. The molecule has 0 radical (unpaired) electrons. The van der Waals surface area contributed by atoms with E-state index in [0.717, 1.165) is 11.3 Å². The van der Waals surface area contributed by atoms with Gasteiger partial charge in [0.1, 0.15) is 18.1 Å². The van der Waals surface area contributed by atoms with Crippen LogP contribution < -0.4 is 4.74 Å². The van der Waals surface area contributed by atoms with Gasteiger partial charge in [-0.1, -0.05) is 32.0 Å². The predicted molar refractivity (Wildman–Crippen MR) is 54.5 cm³/mol. The fraction of sp³-hybridized carbons (Fsp3) is 0.417. The molecule has 1 aliphatic rings. The molecular formula is C12H14O2. The van der Waals surface area contributed by atoms with Crippen LogP contribution >= 0.6 is 0 Å². The molecule has 74 valence electrons. The summed E-state index contributed by atoms with van der Waals surface area (Å²) in [7, 11) is 0. The molecule has 0 amide bonds. The van der Waals surface area contributed by atoms with Crippen molar-refractivity contribution in [3.05, 3.63) is 29.8 Å². The van der Waals surface area contributed by atoms with Crippen LogP contribution in [0.5, 0.6) is 5.75 Å². The Hall–Kier alpha value is -1.31. The molecule has 14 heavy (non-hydrogen) atoms. The van der Waals surface area contributed by atoms with Crippen LogP contribution in [0.4, 0.5) is 0 Å². The Bertz CT molecular complexity index is 355. The minimum absolute atomic E-state index is 0.0498. The van der Waals surface area contributed by atoms with Crippen LogP contribution in [0.1, 0.15) is 25.3 Å². The monoisotopic (exact) mass is 190 g/mol. The van der Waals surface area contributed by atoms with Gasteiger partial charge >= 0.3 is 0 Å². The number of carbonyl (C=O) groups excluding carboxylic acids is 1. The zero-order valence-electron chi connectivity index (χ0n) is 8.49. The summed E-state index contributed by atoms with van der Waals surface area (Å²) >= 11 is 0. The number of hydrogen-bond donors (Lipinski definition) is 0. The lowest BCUT2D eigenvalue weighted by molar-refractivity contribution is -0.123. The molecule has 2 heteroatoms. The Morgan fingerprint density at radius 1 is 1.43 bits per heavy atom. The normalized spacial score (nSPS) is 19.2. The molecule has 2 nitrogen and oxygen atoms in total. The van der Waals surface area contributed by atoms with Gasteiger partial charge in [-0.3, -0.25) is 4.79 Å². The second-order valence-electron chi connectivity index (χ2n) is 3.96. The summed E-state index contributed by atoms with van der Waals surface area (Å²) in [5, 5.41) is 0. The van der Waals surface area contributed by atoms with E-state index in [1.54, 1.807) is 0 Å². The molecule has 0 N–H and O–H groups in total. The van der Waals surface area contributed by atoms with E-state index in [4.69, 9.17) is 4.74 Å². The van der Waals surface area contributed by atoms with Crippen LogP contribution in [-0.4, -0.2) is 12.4 Å². The number of Topliss-reactive ketones (excluding diaryl/α,β-unsaturated/α-hetero) is 1. The third kappa shape index (κ3) is 1.41. The molecule has 0 aromatic heterocycles. The summed E-state index contributed by atoms with van der Waals surface area (Å²) in [6.45, 7) is 4.38. The van der Waals surface area contributed by atoms with E-state index >= 15 is 0 Å². The van der Waals surface area contributed by atoms with Gasteiger partial charge in [-0.25, -0.2) is 0 Å². The van der Waals surface area contributed by atoms with E-state index in [9.17, 15) is 4.79 Å². The molecular weight excluding hydrogens is 176 g/mol. The summed E-state index contributed by atoms with van der Waals surface area (Å²) < 4.78 is 5.46. The summed E-state index contributed by atoms with van der Waals surface area (Å²) in [6.07, 6.45) is 0. The van der Waals surface area contributed by atoms with Crippen LogP contribution in [0.15, 0.2) is 24.3 Å². The third-order valence-electron chi connectivity index (χ3n) is 2.61. The van der Waals surface area contributed by atoms with Crippen molar-refractivity contribution in [1.82, 2.24) is 0 Å². The lowest BCUT2D eigenvalue weighted by Crippen LogP contribution is -2.19. The van der Waals surface area contributed by atoms with Gasteiger partial charge in [-0.15, -0.1) is 0 Å². The molecule has 2 rings (SSSR count). The van der Waals surface area contributed by atoms with E-state index in [1.807, 2.05) is 38.1 Å². The highest BCUT2D eigenvalue weighted by Gasteiger charge is 2.30. The van der Waals surface area contributed by atoms with Crippen LogP contribution in [0, 0.1) is 5.92 Å². The molecule has 1 aromatic carbocycles. The standard InChI is InChI=1S/C12H14O2/c1-8(2)12(13)10-7-14-11-6-4-3-5-9(10)11/h3-6,8,10H,7H2,1-2H3. The molecule has 1 unspecified atom stereocenters. The fourth-order valence-electron chi connectivity index (χ4n) is 1.80. The number of ketones is 1. The van der Waals surface area contributed by atoms with Gasteiger partial charge in [0.15, 0.2) is 0 Å². The summed E-state index contributed by atoms with van der Waals surface area (Å²) in [5.74, 6) is 1.17. The maximum absolute atomic E-state index is 11.8. The molecule has 0 spiro atoms. The summed E-state index contributed by atoms with van der Waals surface area (Å²) in [5.41, 5.74) is 1.05. The average Bonchev–Trinajstić information content (AvgIpc) is 2.60. The van der Waals surface area contributed by atoms with Gasteiger partial charge in [-0.05, 0) is 6.07 Å². The van der Waals surface area contributed by atoms with E-state index in [0.29, 0.717) is 6.61 Å². The summed E-state index contributed by atoms with van der Waals surface area (Å²) in [6, 6.07) is 7.78. The first-order valence-electron chi connectivity index (χ1n) is 4.95.